The van der Waals surface area contributed by atoms with Gasteiger partial charge in [-0.1, -0.05) is 30.3 Å². The minimum absolute atomic E-state index is 0.155. The lowest BCUT2D eigenvalue weighted by atomic mass is 10.0. The van der Waals surface area contributed by atoms with Gasteiger partial charge in [-0.3, -0.25) is 14.4 Å². The molecule has 6 heteroatoms. The molecule has 0 fully saturated rings. The average molecular weight is 306 g/mol. The van der Waals surface area contributed by atoms with Crippen molar-refractivity contribution in [3.63, 3.8) is 0 Å². The van der Waals surface area contributed by atoms with Crippen LogP contribution >= 0.6 is 0 Å². The Kier molecular flexibility index (Phi) is 7.67. The molecule has 1 aromatic carbocycles. The van der Waals surface area contributed by atoms with Crippen molar-refractivity contribution < 1.29 is 19.1 Å². The Hall–Kier alpha value is -2.37. The summed E-state index contributed by atoms with van der Waals surface area (Å²) >= 11 is 0. The molecule has 0 aliphatic rings. The smallest absolute Gasteiger partial charge is 0.305 e. The van der Waals surface area contributed by atoms with Gasteiger partial charge in [-0.05, 0) is 12.0 Å². The molecule has 1 atom stereocenters. The first-order chi connectivity index (χ1) is 10.5. The highest BCUT2D eigenvalue weighted by Crippen LogP contribution is 2.16. The van der Waals surface area contributed by atoms with Crippen molar-refractivity contribution in [3.05, 3.63) is 35.9 Å². The number of benzene rings is 1. The summed E-state index contributed by atoms with van der Waals surface area (Å²) in [6.45, 7) is 1.82. The van der Waals surface area contributed by atoms with E-state index < -0.39 is 0 Å². The normalized spacial score (nSPS) is 11.4. The Morgan fingerprint density at radius 2 is 1.86 bits per heavy atom. The Bertz CT molecular complexity index is 502. The summed E-state index contributed by atoms with van der Waals surface area (Å²) in [6.07, 6.45) is 0.945. The van der Waals surface area contributed by atoms with E-state index in [9.17, 15) is 14.4 Å². The molecule has 6 nitrogen and oxygen atoms in total. The van der Waals surface area contributed by atoms with Gasteiger partial charge < -0.3 is 15.4 Å². The van der Waals surface area contributed by atoms with Crippen molar-refractivity contribution in [1.82, 2.24) is 10.6 Å². The number of hydrogen-bond donors (Lipinski definition) is 2. The highest BCUT2D eigenvalue weighted by Gasteiger charge is 2.16. The molecule has 2 amide bonds. The second kappa shape index (κ2) is 9.55. The molecule has 1 aromatic rings. The van der Waals surface area contributed by atoms with Crippen molar-refractivity contribution in [2.75, 3.05) is 13.7 Å². The van der Waals surface area contributed by atoms with Crippen molar-refractivity contribution in [1.29, 1.82) is 0 Å². The van der Waals surface area contributed by atoms with Gasteiger partial charge in [0.05, 0.1) is 19.6 Å². The number of hydrogen-bond acceptors (Lipinski definition) is 4. The predicted molar refractivity (Wildman–Crippen MR) is 81.9 cm³/mol. The van der Waals surface area contributed by atoms with Gasteiger partial charge in [-0.15, -0.1) is 0 Å². The summed E-state index contributed by atoms with van der Waals surface area (Å²) in [6, 6.07) is 8.97. The Morgan fingerprint density at radius 3 is 2.45 bits per heavy atom. The topological polar surface area (TPSA) is 84.5 Å². The van der Waals surface area contributed by atoms with E-state index in [4.69, 9.17) is 0 Å². The van der Waals surface area contributed by atoms with E-state index in [1.54, 1.807) is 0 Å². The molecule has 0 aliphatic heterocycles. The number of carbonyl (C=O) groups excluding carboxylic acids is 3. The van der Waals surface area contributed by atoms with E-state index in [2.05, 4.69) is 15.4 Å². The third-order valence-corrected chi connectivity index (χ3v) is 3.08. The molecular weight excluding hydrogens is 284 g/mol. The van der Waals surface area contributed by atoms with E-state index in [0.717, 1.165) is 5.56 Å². The number of rotatable bonds is 8. The number of ether oxygens (including phenoxy) is 1. The molecule has 0 saturated heterocycles. The van der Waals surface area contributed by atoms with Gasteiger partial charge in [-0.2, -0.15) is 0 Å². The van der Waals surface area contributed by atoms with Crippen molar-refractivity contribution in [3.8, 4) is 0 Å². The lowest BCUT2D eigenvalue weighted by molar-refractivity contribution is -0.140. The molecule has 0 saturated carbocycles. The largest absolute Gasteiger partial charge is 0.469 e. The van der Waals surface area contributed by atoms with Crippen molar-refractivity contribution >= 4 is 17.8 Å². The van der Waals surface area contributed by atoms with Gasteiger partial charge in [0.15, 0.2) is 0 Å². The van der Waals surface area contributed by atoms with Gasteiger partial charge in [0.1, 0.15) is 0 Å². The Balaban J connectivity index is 2.46. The molecule has 2 N–H and O–H groups in total. The maximum atomic E-state index is 11.9. The zero-order chi connectivity index (χ0) is 16.4. The SMILES string of the molecule is COC(=O)CCCNC(=O)CC(NC(C)=O)c1ccccc1. The van der Waals surface area contributed by atoms with Crippen LogP contribution in [-0.4, -0.2) is 31.4 Å². The van der Waals surface area contributed by atoms with Crippen LogP contribution in [0, 0.1) is 0 Å². The molecule has 22 heavy (non-hydrogen) atoms. The maximum absolute atomic E-state index is 11.9. The van der Waals surface area contributed by atoms with Gasteiger partial charge in [0.25, 0.3) is 0 Å². The van der Waals surface area contributed by atoms with E-state index in [0.29, 0.717) is 13.0 Å². The predicted octanol–water partition coefficient (Wildman–Crippen LogP) is 1.32. The fourth-order valence-electron chi connectivity index (χ4n) is 2.00. The van der Waals surface area contributed by atoms with E-state index >= 15 is 0 Å². The molecule has 0 aliphatic carbocycles. The van der Waals surface area contributed by atoms with E-state index in [-0.39, 0.29) is 36.7 Å². The van der Waals surface area contributed by atoms with Crippen LogP contribution in [0.3, 0.4) is 0 Å². The van der Waals surface area contributed by atoms with Gasteiger partial charge in [0, 0.05) is 19.9 Å². The fraction of sp³-hybridized carbons (Fsp3) is 0.438. The molecule has 1 rings (SSSR count). The average Bonchev–Trinajstić information content (AvgIpc) is 2.51. The van der Waals surface area contributed by atoms with Crippen molar-refractivity contribution in [2.24, 2.45) is 0 Å². The number of amides is 2. The Labute approximate surface area is 130 Å². The summed E-state index contributed by atoms with van der Waals surface area (Å²) < 4.78 is 4.52. The van der Waals surface area contributed by atoms with Crippen molar-refractivity contribution in [2.45, 2.75) is 32.2 Å². The Morgan fingerprint density at radius 1 is 1.18 bits per heavy atom. The zero-order valence-corrected chi connectivity index (χ0v) is 12.9. The molecule has 0 heterocycles. The zero-order valence-electron chi connectivity index (χ0n) is 12.9. The molecule has 1 unspecified atom stereocenters. The van der Waals surface area contributed by atoms with Gasteiger partial charge in [-0.25, -0.2) is 0 Å². The van der Waals surface area contributed by atoms with Crippen LogP contribution in [0.15, 0.2) is 30.3 Å². The fourth-order valence-corrected chi connectivity index (χ4v) is 2.00. The molecule has 0 radical (unpaired) electrons. The van der Waals surface area contributed by atoms with Crippen LogP contribution < -0.4 is 10.6 Å². The number of nitrogens with one attached hydrogen (secondary N) is 2. The molecule has 0 bridgehead atoms. The van der Waals surface area contributed by atoms with Crippen LogP contribution in [0.2, 0.25) is 0 Å². The van der Waals surface area contributed by atoms with E-state index in [1.165, 1.54) is 14.0 Å². The standard InChI is InChI=1S/C16H22N2O4/c1-12(19)18-14(13-7-4-3-5-8-13)11-15(20)17-10-6-9-16(21)22-2/h3-5,7-8,14H,6,9-11H2,1-2H3,(H,17,20)(H,18,19). The minimum atomic E-state index is -0.362. The molecular formula is C16H22N2O4. The molecule has 0 spiro atoms. The summed E-state index contributed by atoms with van der Waals surface area (Å²) in [7, 11) is 1.33. The lowest BCUT2D eigenvalue weighted by Gasteiger charge is -2.18. The number of methoxy groups -OCH3 is 1. The van der Waals surface area contributed by atoms with Gasteiger partial charge in [0.2, 0.25) is 11.8 Å². The third kappa shape index (κ3) is 6.88. The van der Waals surface area contributed by atoms with Crippen LogP contribution in [0.4, 0.5) is 0 Å². The summed E-state index contributed by atoms with van der Waals surface area (Å²) in [5.74, 6) is -0.658. The highest BCUT2D eigenvalue weighted by molar-refractivity contribution is 5.79. The quantitative estimate of drug-likeness (QED) is 0.560. The summed E-state index contributed by atoms with van der Waals surface area (Å²) in [5.41, 5.74) is 0.877. The molecule has 0 aromatic heterocycles. The van der Waals surface area contributed by atoms with Gasteiger partial charge >= 0.3 is 5.97 Å². The summed E-state index contributed by atoms with van der Waals surface area (Å²) in [4.78, 5) is 34.2. The van der Waals surface area contributed by atoms with Crippen LogP contribution in [0.25, 0.3) is 0 Å². The van der Waals surface area contributed by atoms with E-state index in [1.807, 2.05) is 30.3 Å². The first-order valence-corrected chi connectivity index (χ1v) is 7.18. The minimum Gasteiger partial charge on any atom is -0.469 e. The second-order valence-corrected chi connectivity index (χ2v) is 4.90. The van der Waals surface area contributed by atoms with Crippen LogP contribution in [-0.2, 0) is 19.1 Å². The molecule has 120 valence electrons. The highest BCUT2D eigenvalue weighted by atomic mass is 16.5. The monoisotopic (exact) mass is 306 g/mol. The third-order valence-electron chi connectivity index (χ3n) is 3.08. The lowest BCUT2D eigenvalue weighted by Crippen LogP contribution is -2.33. The second-order valence-electron chi connectivity index (χ2n) is 4.90. The number of esters is 1. The summed E-state index contributed by atoms with van der Waals surface area (Å²) in [5, 5.41) is 5.51. The number of carbonyl (C=O) groups is 3. The first kappa shape index (κ1) is 17.7. The first-order valence-electron chi connectivity index (χ1n) is 7.18. The van der Waals surface area contributed by atoms with Crippen LogP contribution in [0.1, 0.15) is 37.8 Å². The van der Waals surface area contributed by atoms with Crippen LogP contribution in [0.5, 0.6) is 0 Å². The maximum Gasteiger partial charge on any atom is 0.305 e.